The van der Waals surface area contributed by atoms with Crippen LogP contribution in [-0.4, -0.2) is 49.9 Å². The molecule has 4 rings (SSSR count). The quantitative estimate of drug-likeness (QED) is 0.218. The van der Waals surface area contributed by atoms with E-state index in [0.717, 1.165) is 0 Å². The Kier molecular flexibility index (Phi) is 10.4. The number of nitrogens with one attached hydrogen (secondary N) is 2. The molecule has 2 amide bonds. The van der Waals surface area contributed by atoms with Gasteiger partial charge in [-0.1, -0.05) is 30.3 Å². The monoisotopic (exact) mass is 615 g/mol. The molecule has 0 aromatic heterocycles. The van der Waals surface area contributed by atoms with Crippen LogP contribution in [0.4, 0.5) is 5.69 Å². The minimum absolute atomic E-state index is 0.161. The number of thioether (sulfide) groups is 2. The molecule has 38 heavy (non-hydrogen) atoms. The summed E-state index contributed by atoms with van der Waals surface area (Å²) in [4.78, 5) is 24.4. The standard InChI is InChI=1S/C27H26BrN3O5S2/c1-34-23-13-19(22(28)14-24(23)36-16-25(32)30-20-5-3-2-4-6-20)15-29-31-26(33)17-35-21-9-7-18(8-10-21)27-37-11-12-38-27/h2-10,13-15,27H,11-12,16-17H2,1H3,(H,30,32)(H,31,33)/b29-15-. The summed E-state index contributed by atoms with van der Waals surface area (Å²) >= 11 is 7.35. The van der Waals surface area contributed by atoms with Gasteiger partial charge in [-0.25, -0.2) is 5.43 Å². The van der Waals surface area contributed by atoms with Gasteiger partial charge in [0.05, 0.1) is 17.9 Å². The zero-order chi connectivity index (χ0) is 26.7. The second-order valence-electron chi connectivity index (χ2n) is 7.95. The van der Waals surface area contributed by atoms with Crippen molar-refractivity contribution in [3.05, 3.63) is 82.3 Å². The zero-order valence-corrected chi connectivity index (χ0v) is 23.7. The summed E-state index contributed by atoms with van der Waals surface area (Å²) in [5.41, 5.74) is 5.03. The molecule has 0 unspecified atom stereocenters. The number of para-hydroxylation sites is 1. The van der Waals surface area contributed by atoms with Gasteiger partial charge in [0.25, 0.3) is 11.8 Å². The molecule has 0 aliphatic carbocycles. The van der Waals surface area contributed by atoms with E-state index in [1.807, 2.05) is 66.0 Å². The van der Waals surface area contributed by atoms with E-state index in [-0.39, 0.29) is 25.0 Å². The van der Waals surface area contributed by atoms with Crippen molar-refractivity contribution in [1.82, 2.24) is 5.43 Å². The minimum atomic E-state index is -0.389. The largest absolute Gasteiger partial charge is 0.493 e. The Morgan fingerprint density at radius 3 is 2.39 bits per heavy atom. The van der Waals surface area contributed by atoms with Crippen LogP contribution in [0.1, 0.15) is 15.7 Å². The molecular formula is C27H26BrN3O5S2. The Labute approximate surface area is 238 Å². The number of carbonyl (C=O) groups is 2. The van der Waals surface area contributed by atoms with Crippen LogP contribution in [0.3, 0.4) is 0 Å². The number of hydrogen-bond donors (Lipinski definition) is 2. The lowest BCUT2D eigenvalue weighted by molar-refractivity contribution is -0.123. The highest BCUT2D eigenvalue weighted by Gasteiger charge is 2.18. The van der Waals surface area contributed by atoms with Crippen molar-refractivity contribution in [2.45, 2.75) is 4.58 Å². The number of carbonyl (C=O) groups excluding carboxylic acids is 2. The Bertz CT molecular complexity index is 1270. The number of benzene rings is 3. The van der Waals surface area contributed by atoms with Crippen LogP contribution in [-0.2, 0) is 9.59 Å². The molecule has 1 fully saturated rings. The average Bonchev–Trinajstić information content (AvgIpc) is 3.48. The predicted molar refractivity (Wildman–Crippen MR) is 157 cm³/mol. The van der Waals surface area contributed by atoms with Crippen molar-refractivity contribution in [2.75, 3.05) is 37.1 Å². The lowest BCUT2D eigenvalue weighted by atomic mass is 10.2. The van der Waals surface area contributed by atoms with Gasteiger partial charge in [0.15, 0.2) is 24.7 Å². The molecule has 0 radical (unpaired) electrons. The van der Waals surface area contributed by atoms with Gasteiger partial charge in [0, 0.05) is 27.2 Å². The summed E-state index contributed by atoms with van der Waals surface area (Å²) in [7, 11) is 1.50. The fourth-order valence-corrected chi connectivity index (χ4v) is 6.70. The van der Waals surface area contributed by atoms with Crippen molar-refractivity contribution in [3.63, 3.8) is 0 Å². The second-order valence-corrected chi connectivity index (χ2v) is 11.5. The van der Waals surface area contributed by atoms with Crippen LogP contribution in [0.25, 0.3) is 0 Å². The van der Waals surface area contributed by atoms with E-state index in [9.17, 15) is 9.59 Å². The van der Waals surface area contributed by atoms with Crippen molar-refractivity contribution < 1.29 is 23.8 Å². The van der Waals surface area contributed by atoms with Crippen LogP contribution in [0.2, 0.25) is 0 Å². The summed E-state index contributed by atoms with van der Waals surface area (Å²) in [6.45, 7) is -0.353. The van der Waals surface area contributed by atoms with E-state index >= 15 is 0 Å². The van der Waals surface area contributed by atoms with Gasteiger partial charge < -0.3 is 19.5 Å². The number of ether oxygens (including phenoxy) is 3. The van der Waals surface area contributed by atoms with E-state index < -0.39 is 0 Å². The maximum atomic E-state index is 12.2. The molecule has 0 atom stereocenters. The SMILES string of the molecule is COc1cc(/C=N\NC(=O)COc2ccc(C3SCCS3)cc2)c(Br)cc1OCC(=O)Nc1ccccc1. The average molecular weight is 617 g/mol. The number of amides is 2. The van der Waals surface area contributed by atoms with Crippen LogP contribution >= 0.6 is 39.5 Å². The number of hydrogen-bond acceptors (Lipinski definition) is 8. The number of anilines is 1. The highest BCUT2D eigenvalue weighted by molar-refractivity contribution is 9.10. The fraction of sp³-hybridized carbons (Fsp3) is 0.222. The molecular weight excluding hydrogens is 590 g/mol. The van der Waals surface area contributed by atoms with Crippen molar-refractivity contribution in [1.29, 1.82) is 0 Å². The summed E-state index contributed by atoms with van der Waals surface area (Å²) in [5.74, 6) is 3.07. The maximum absolute atomic E-state index is 12.2. The van der Waals surface area contributed by atoms with E-state index in [1.165, 1.54) is 30.4 Å². The minimum Gasteiger partial charge on any atom is -0.493 e. The van der Waals surface area contributed by atoms with Gasteiger partial charge >= 0.3 is 0 Å². The molecule has 0 saturated carbocycles. The van der Waals surface area contributed by atoms with E-state index in [1.54, 1.807) is 24.3 Å². The topological polar surface area (TPSA) is 98.2 Å². The summed E-state index contributed by atoms with van der Waals surface area (Å²) < 4.78 is 17.7. The molecule has 0 spiro atoms. The molecule has 1 aliphatic heterocycles. The Morgan fingerprint density at radius 1 is 0.974 bits per heavy atom. The van der Waals surface area contributed by atoms with Gasteiger partial charge in [0.2, 0.25) is 0 Å². The normalized spacial score (nSPS) is 13.3. The summed E-state index contributed by atoms with van der Waals surface area (Å²) in [6.07, 6.45) is 1.47. The zero-order valence-electron chi connectivity index (χ0n) is 20.5. The van der Waals surface area contributed by atoms with E-state index in [2.05, 4.69) is 31.8 Å². The number of halogens is 1. The summed E-state index contributed by atoms with van der Waals surface area (Å²) in [5, 5.41) is 6.77. The predicted octanol–water partition coefficient (Wildman–Crippen LogP) is 5.48. The lowest BCUT2D eigenvalue weighted by Gasteiger charge is -2.13. The molecule has 8 nitrogen and oxygen atoms in total. The highest BCUT2D eigenvalue weighted by atomic mass is 79.9. The molecule has 3 aromatic carbocycles. The molecule has 1 saturated heterocycles. The molecule has 2 N–H and O–H groups in total. The third-order valence-corrected chi connectivity index (χ3v) is 9.03. The van der Waals surface area contributed by atoms with Crippen LogP contribution < -0.4 is 25.0 Å². The maximum Gasteiger partial charge on any atom is 0.277 e. The molecule has 1 heterocycles. The Morgan fingerprint density at radius 2 is 1.68 bits per heavy atom. The first-order valence-corrected chi connectivity index (χ1v) is 14.5. The Hall–Kier alpha value is -3.15. The van der Waals surface area contributed by atoms with Crippen LogP contribution in [0.5, 0.6) is 17.2 Å². The Balaban J connectivity index is 1.26. The second kappa shape index (κ2) is 14.1. The van der Waals surface area contributed by atoms with E-state index in [0.29, 0.717) is 37.6 Å². The highest BCUT2D eigenvalue weighted by Crippen LogP contribution is 2.45. The van der Waals surface area contributed by atoms with Crippen LogP contribution in [0, 0.1) is 0 Å². The third kappa shape index (κ3) is 8.17. The number of hydrazone groups is 1. The third-order valence-electron chi connectivity index (χ3n) is 5.24. The van der Waals surface area contributed by atoms with Gasteiger partial charge in [-0.2, -0.15) is 5.10 Å². The molecule has 3 aromatic rings. The van der Waals surface area contributed by atoms with Gasteiger partial charge in [-0.05, 0) is 57.9 Å². The van der Waals surface area contributed by atoms with Crippen molar-refractivity contribution in [2.24, 2.45) is 5.10 Å². The van der Waals surface area contributed by atoms with Gasteiger partial charge in [-0.3, -0.25) is 9.59 Å². The number of rotatable bonds is 11. The van der Waals surface area contributed by atoms with Crippen LogP contribution in [0.15, 0.2) is 76.3 Å². The molecule has 11 heteroatoms. The van der Waals surface area contributed by atoms with Gasteiger partial charge in [-0.15, -0.1) is 23.5 Å². The van der Waals surface area contributed by atoms with E-state index in [4.69, 9.17) is 14.2 Å². The molecule has 0 bridgehead atoms. The number of nitrogens with zero attached hydrogens (tertiary/aromatic N) is 1. The first kappa shape index (κ1) is 27.9. The molecule has 198 valence electrons. The first-order valence-electron chi connectivity index (χ1n) is 11.6. The fourth-order valence-electron chi connectivity index (χ4n) is 3.41. The lowest BCUT2D eigenvalue weighted by Crippen LogP contribution is -2.24. The van der Waals surface area contributed by atoms with Gasteiger partial charge in [0.1, 0.15) is 5.75 Å². The first-order chi connectivity index (χ1) is 18.5. The molecule has 1 aliphatic rings. The van der Waals surface area contributed by atoms with Crippen molar-refractivity contribution >= 4 is 63.2 Å². The summed E-state index contributed by atoms with van der Waals surface area (Å²) in [6, 6.07) is 20.3. The smallest absolute Gasteiger partial charge is 0.277 e. The van der Waals surface area contributed by atoms with Crippen molar-refractivity contribution in [3.8, 4) is 17.2 Å². The number of methoxy groups -OCH3 is 1.